The number of imidazole rings is 1. The number of aliphatic imine (C=N–C) groups is 1. The Morgan fingerprint density at radius 1 is 1.23 bits per heavy atom. The molecular weight excluding hydrogens is 496 g/mol. The summed E-state index contributed by atoms with van der Waals surface area (Å²) in [7, 11) is 1.94. The third-order valence-electron chi connectivity index (χ3n) is 4.49. The molecule has 0 saturated heterocycles. The van der Waals surface area contributed by atoms with E-state index in [1.165, 1.54) is 6.07 Å². The van der Waals surface area contributed by atoms with Gasteiger partial charge in [0.2, 0.25) is 0 Å². The Labute approximate surface area is 193 Å². The van der Waals surface area contributed by atoms with Crippen LogP contribution in [0.15, 0.2) is 59.7 Å². The Morgan fingerprint density at radius 2 is 2.00 bits per heavy atom. The fraction of sp³-hybridized carbons (Fsp3) is 0.273. The van der Waals surface area contributed by atoms with Crippen LogP contribution in [0.1, 0.15) is 23.9 Å². The van der Waals surface area contributed by atoms with E-state index in [1.807, 2.05) is 55.4 Å². The average molecular weight is 523 g/mol. The number of benzene rings is 2. The molecule has 3 rings (SSSR count). The van der Waals surface area contributed by atoms with E-state index in [2.05, 4.69) is 20.3 Å². The Balaban J connectivity index is 0.00000320. The molecule has 8 heteroatoms. The molecule has 160 valence electrons. The molecule has 0 spiro atoms. The van der Waals surface area contributed by atoms with Gasteiger partial charge in [-0.1, -0.05) is 36.4 Å². The molecule has 0 bridgehead atoms. The number of halogens is 2. The number of nitrogens with zero attached hydrogens (tertiary/aromatic N) is 3. The van der Waals surface area contributed by atoms with E-state index in [-0.39, 0.29) is 36.1 Å². The average Bonchev–Trinajstić information content (AvgIpc) is 3.21. The predicted octanol–water partition coefficient (Wildman–Crippen LogP) is 3.92. The smallest absolute Gasteiger partial charge is 0.194 e. The highest BCUT2D eigenvalue weighted by Crippen LogP contribution is 2.16. The van der Waals surface area contributed by atoms with E-state index in [1.54, 1.807) is 12.1 Å². The molecule has 0 aliphatic heterocycles. The Hall–Kier alpha value is -2.46. The Kier molecular flexibility index (Phi) is 9.25. The number of aliphatic hydroxyl groups is 1. The van der Waals surface area contributed by atoms with Crippen LogP contribution in [0.3, 0.4) is 0 Å². The SMILES string of the molecule is CCNC(=NCc1ccc(F)c(CO)c1)N(C)Cc1ncc(-c2ccccc2)[nH]1.I. The zero-order chi connectivity index (χ0) is 20.6. The van der Waals surface area contributed by atoms with Crippen LogP contribution in [-0.4, -0.2) is 39.5 Å². The number of hydrogen-bond acceptors (Lipinski definition) is 3. The summed E-state index contributed by atoms with van der Waals surface area (Å²) < 4.78 is 13.6. The highest BCUT2D eigenvalue weighted by atomic mass is 127. The van der Waals surface area contributed by atoms with Crippen molar-refractivity contribution in [2.24, 2.45) is 4.99 Å². The molecule has 2 aromatic carbocycles. The van der Waals surface area contributed by atoms with Crippen LogP contribution in [0.2, 0.25) is 0 Å². The summed E-state index contributed by atoms with van der Waals surface area (Å²) in [6.07, 6.45) is 1.83. The standard InChI is InChI=1S/C22H26FN5O.HI/c1-3-24-22(26-12-16-9-10-19(23)18(11-16)15-29)28(2)14-21-25-13-20(27-21)17-7-5-4-6-8-17;/h4-11,13,29H,3,12,14-15H2,1-2H3,(H,24,26)(H,25,27);1H. The second-order valence-corrected chi connectivity index (χ2v) is 6.72. The van der Waals surface area contributed by atoms with E-state index >= 15 is 0 Å². The lowest BCUT2D eigenvalue weighted by Crippen LogP contribution is -2.38. The third kappa shape index (κ3) is 6.27. The number of guanidine groups is 1. The molecule has 3 N–H and O–H groups in total. The predicted molar refractivity (Wildman–Crippen MR) is 128 cm³/mol. The minimum Gasteiger partial charge on any atom is -0.392 e. The van der Waals surface area contributed by atoms with Gasteiger partial charge >= 0.3 is 0 Å². The number of aliphatic hydroxyl groups excluding tert-OH is 1. The van der Waals surface area contributed by atoms with Gasteiger partial charge in [0.15, 0.2) is 5.96 Å². The Bertz CT molecular complexity index is 961. The summed E-state index contributed by atoms with van der Waals surface area (Å²) in [5, 5.41) is 12.5. The molecule has 3 aromatic rings. The lowest BCUT2D eigenvalue weighted by atomic mass is 10.1. The quantitative estimate of drug-likeness (QED) is 0.249. The molecule has 0 aliphatic carbocycles. The van der Waals surface area contributed by atoms with E-state index in [0.717, 1.165) is 35.1 Å². The van der Waals surface area contributed by atoms with Gasteiger partial charge in [0.1, 0.15) is 11.6 Å². The van der Waals surface area contributed by atoms with Crippen LogP contribution in [-0.2, 0) is 19.7 Å². The van der Waals surface area contributed by atoms with Crippen molar-refractivity contribution in [2.75, 3.05) is 13.6 Å². The first-order chi connectivity index (χ1) is 14.1. The van der Waals surface area contributed by atoms with Crippen molar-refractivity contribution in [3.05, 3.63) is 77.5 Å². The summed E-state index contributed by atoms with van der Waals surface area (Å²) >= 11 is 0. The van der Waals surface area contributed by atoms with Crippen molar-refractivity contribution in [2.45, 2.75) is 26.6 Å². The van der Waals surface area contributed by atoms with Crippen molar-refractivity contribution >= 4 is 29.9 Å². The van der Waals surface area contributed by atoms with Gasteiger partial charge in [-0.2, -0.15) is 0 Å². The Morgan fingerprint density at radius 3 is 2.70 bits per heavy atom. The van der Waals surface area contributed by atoms with Crippen LogP contribution >= 0.6 is 24.0 Å². The summed E-state index contributed by atoms with van der Waals surface area (Å²) in [5.41, 5.74) is 3.17. The first-order valence-electron chi connectivity index (χ1n) is 9.57. The van der Waals surface area contributed by atoms with Crippen LogP contribution in [0.4, 0.5) is 4.39 Å². The van der Waals surface area contributed by atoms with Crippen LogP contribution < -0.4 is 5.32 Å². The minimum absolute atomic E-state index is 0. The van der Waals surface area contributed by atoms with E-state index in [9.17, 15) is 9.50 Å². The van der Waals surface area contributed by atoms with E-state index in [0.29, 0.717) is 13.1 Å². The van der Waals surface area contributed by atoms with Crippen molar-refractivity contribution in [1.82, 2.24) is 20.2 Å². The third-order valence-corrected chi connectivity index (χ3v) is 4.49. The van der Waals surface area contributed by atoms with Crippen molar-refractivity contribution in [3.8, 4) is 11.3 Å². The maximum absolute atomic E-state index is 13.6. The molecular formula is C22H27FIN5O. The normalized spacial score (nSPS) is 11.1. The molecule has 0 amide bonds. The van der Waals surface area contributed by atoms with Crippen LogP contribution in [0.25, 0.3) is 11.3 Å². The lowest BCUT2D eigenvalue weighted by molar-refractivity contribution is 0.275. The molecule has 0 saturated carbocycles. The highest BCUT2D eigenvalue weighted by Gasteiger charge is 2.10. The first-order valence-corrected chi connectivity index (χ1v) is 9.57. The van der Waals surface area contributed by atoms with E-state index < -0.39 is 5.82 Å². The van der Waals surface area contributed by atoms with E-state index in [4.69, 9.17) is 0 Å². The van der Waals surface area contributed by atoms with Crippen molar-refractivity contribution in [1.29, 1.82) is 0 Å². The number of rotatable bonds is 7. The van der Waals surface area contributed by atoms with Gasteiger partial charge in [-0.05, 0) is 30.2 Å². The van der Waals surface area contributed by atoms with Gasteiger partial charge in [-0.3, -0.25) is 0 Å². The van der Waals surface area contributed by atoms with Crippen LogP contribution in [0.5, 0.6) is 0 Å². The second kappa shape index (κ2) is 11.7. The van der Waals surface area contributed by atoms with Crippen LogP contribution in [0, 0.1) is 5.82 Å². The highest BCUT2D eigenvalue weighted by molar-refractivity contribution is 14.0. The minimum atomic E-state index is -0.406. The fourth-order valence-electron chi connectivity index (χ4n) is 2.99. The molecule has 1 aromatic heterocycles. The number of nitrogens with one attached hydrogen (secondary N) is 2. The fourth-order valence-corrected chi connectivity index (χ4v) is 2.99. The second-order valence-electron chi connectivity index (χ2n) is 6.72. The zero-order valence-electron chi connectivity index (χ0n) is 17.1. The van der Waals surface area contributed by atoms with Crippen molar-refractivity contribution in [3.63, 3.8) is 0 Å². The molecule has 6 nitrogen and oxygen atoms in total. The number of aromatic nitrogens is 2. The zero-order valence-corrected chi connectivity index (χ0v) is 19.4. The van der Waals surface area contributed by atoms with Gasteiger partial charge in [0.05, 0.1) is 31.6 Å². The molecule has 0 fully saturated rings. The summed E-state index contributed by atoms with van der Waals surface area (Å²) in [5.74, 6) is 1.15. The van der Waals surface area contributed by atoms with Crippen molar-refractivity contribution < 1.29 is 9.50 Å². The summed E-state index contributed by atoms with van der Waals surface area (Å²) in [4.78, 5) is 14.4. The molecule has 1 heterocycles. The number of aromatic amines is 1. The lowest BCUT2D eigenvalue weighted by Gasteiger charge is -2.21. The largest absolute Gasteiger partial charge is 0.392 e. The van der Waals surface area contributed by atoms with Gasteiger partial charge in [0, 0.05) is 19.2 Å². The maximum Gasteiger partial charge on any atom is 0.194 e. The molecule has 0 radical (unpaired) electrons. The molecule has 0 atom stereocenters. The number of hydrogen-bond donors (Lipinski definition) is 3. The topological polar surface area (TPSA) is 76.5 Å². The van der Waals surface area contributed by atoms with Gasteiger partial charge < -0.3 is 20.3 Å². The van der Waals surface area contributed by atoms with Gasteiger partial charge in [-0.25, -0.2) is 14.4 Å². The van der Waals surface area contributed by atoms with Gasteiger partial charge in [-0.15, -0.1) is 24.0 Å². The summed E-state index contributed by atoms with van der Waals surface area (Å²) in [6.45, 7) is 3.34. The number of H-pyrrole nitrogens is 1. The molecule has 0 unspecified atom stereocenters. The molecule has 30 heavy (non-hydrogen) atoms. The summed E-state index contributed by atoms with van der Waals surface area (Å²) in [6, 6.07) is 14.7. The first kappa shape index (κ1) is 23.8. The van der Waals surface area contributed by atoms with Gasteiger partial charge in [0.25, 0.3) is 0 Å². The monoisotopic (exact) mass is 523 g/mol. The molecule has 0 aliphatic rings. The maximum atomic E-state index is 13.6.